The molecule has 1 aromatic heterocycles. The number of nitrogens with one attached hydrogen (secondary N) is 1. The molecule has 3 aromatic rings. The molecule has 2 aromatic carbocycles. The van der Waals surface area contributed by atoms with Gasteiger partial charge >= 0.3 is 0 Å². The van der Waals surface area contributed by atoms with Gasteiger partial charge in [0.15, 0.2) is 0 Å². The molecule has 128 valence electrons. The molecule has 4 nitrogen and oxygen atoms in total. The Morgan fingerprint density at radius 2 is 1.64 bits per heavy atom. The first-order valence-corrected chi connectivity index (χ1v) is 8.46. The lowest BCUT2D eigenvalue weighted by molar-refractivity contribution is 0.888. The SMILES string of the molecule is Cc1cc(N(C)Cc2ccccc2)nc(Nc2ccc(C)c(C)c2)n1. The summed E-state index contributed by atoms with van der Waals surface area (Å²) in [6, 6.07) is 18.7. The van der Waals surface area contributed by atoms with Crippen LogP contribution < -0.4 is 10.2 Å². The highest BCUT2D eigenvalue weighted by Gasteiger charge is 2.08. The van der Waals surface area contributed by atoms with Gasteiger partial charge in [-0.2, -0.15) is 4.98 Å². The lowest BCUT2D eigenvalue weighted by Crippen LogP contribution is -2.18. The minimum atomic E-state index is 0.623. The normalized spacial score (nSPS) is 10.6. The zero-order valence-electron chi connectivity index (χ0n) is 15.2. The highest BCUT2D eigenvalue weighted by molar-refractivity contribution is 5.57. The molecule has 1 heterocycles. The third-order valence-electron chi connectivity index (χ3n) is 4.26. The topological polar surface area (TPSA) is 41.1 Å². The van der Waals surface area contributed by atoms with Crippen molar-refractivity contribution in [2.75, 3.05) is 17.3 Å². The molecule has 4 heteroatoms. The first kappa shape index (κ1) is 17.0. The van der Waals surface area contributed by atoms with E-state index in [2.05, 4.69) is 83.5 Å². The molecule has 0 aliphatic carbocycles. The van der Waals surface area contributed by atoms with Crippen LogP contribution in [0.1, 0.15) is 22.4 Å². The van der Waals surface area contributed by atoms with Crippen LogP contribution in [-0.4, -0.2) is 17.0 Å². The summed E-state index contributed by atoms with van der Waals surface area (Å²) in [7, 11) is 2.05. The van der Waals surface area contributed by atoms with Gasteiger partial charge in [0.05, 0.1) is 0 Å². The van der Waals surface area contributed by atoms with Crippen molar-refractivity contribution in [3.8, 4) is 0 Å². The average Bonchev–Trinajstić information content (AvgIpc) is 2.58. The van der Waals surface area contributed by atoms with E-state index in [4.69, 9.17) is 0 Å². The lowest BCUT2D eigenvalue weighted by atomic mass is 10.1. The Hall–Kier alpha value is -2.88. The molecule has 0 aliphatic rings. The minimum Gasteiger partial charge on any atom is -0.355 e. The third-order valence-corrected chi connectivity index (χ3v) is 4.26. The Balaban J connectivity index is 1.81. The smallest absolute Gasteiger partial charge is 0.229 e. The van der Waals surface area contributed by atoms with Crippen LogP contribution in [0.25, 0.3) is 0 Å². The fourth-order valence-electron chi connectivity index (χ4n) is 2.69. The first-order valence-electron chi connectivity index (χ1n) is 8.46. The molecule has 0 saturated heterocycles. The summed E-state index contributed by atoms with van der Waals surface area (Å²) >= 11 is 0. The standard InChI is InChI=1S/C21H24N4/c1-15-10-11-19(12-16(15)2)23-21-22-17(3)13-20(24-21)25(4)14-18-8-6-5-7-9-18/h5-13H,14H2,1-4H3,(H,22,23,24). The van der Waals surface area contributed by atoms with Crippen LogP contribution in [0.3, 0.4) is 0 Å². The molecule has 0 radical (unpaired) electrons. The van der Waals surface area contributed by atoms with E-state index in [-0.39, 0.29) is 0 Å². The Bertz CT molecular complexity index is 859. The van der Waals surface area contributed by atoms with Crippen LogP contribution in [-0.2, 0) is 6.54 Å². The summed E-state index contributed by atoms with van der Waals surface area (Å²) in [6.07, 6.45) is 0. The van der Waals surface area contributed by atoms with E-state index in [9.17, 15) is 0 Å². The summed E-state index contributed by atoms with van der Waals surface area (Å²) in [4.78, 5) is 11.3. The van der Waals surface area contributed by atoms with Crippen molar-refractivity contribution in [3.05, 3.63) is 77.0 Å². The van der Waals surface area contributed by atoms with Crippen molar-refractivity contribution in [2.24, 2.45) is 0 Å². The fraction of sp³-hybridized carbons (Fsp3) is 0.238. The highest BCUT2D eigenvalue weighted by Crippen LogP contribution is 2.20. The van der Waals surface area contributed by atoms with Crippen molar-refractivity contribution in [3.63, 3.8) is 0 Å². The Morgan fingerprint density at radius 1 is 0.880 bits per heavy atom. The molecule has 0 atom stereocenters. The number of hydrogen-bond donors (Lipinski definition) is 1. The van der Waals surface area contributed by atoms with Gasteiger partial charge in [0.25, 0.3) is 0 Å². The maximum atomic E-state index is 4.68. The number of nitrogens with zero attached hydrogens (tertiary/aromatic N) is 3. The predicted molar refractivity (Wildman–Crippen MR) is 105 cm³/mol. The van der Waals surface area contributed by atoms with Gasteiger partial charge in [0.1, 0.15) is 5.82 Å². The van der Waals surface area contributed by atoms with Crippen LogP contribution in [0.15, 0.2) is 54.6 Å². The molecular formula is C21H24N4. The average molecular weight is 332 g/mol. The van der Waals surface area contributed by atoms with Crippen molar-refractivity contribution < 1.29 is 0 Å². The predicted octanol–water partition coefficient (Wildman–Crippen LogP) is 4.78. The highest BCUT2D eigenvalue weighted by atomic mass is 15.2. The molecule has 1 N–H and O–H groups in total. The van der Waals surface area contributed by atoms with E-state index in [0.717, 1.165) is 23.7 Å². The van der Waals surface area contributed by atoms with Gasteiger partial charge in [-0.3, -0.25) is 0 Å². The molecule has 0 saturated carbocycles. The molecule has 0 fully saturated rings. The van der Waals surface area contributed by atoms with Crippen molar-refractivity contribution >= 4 is 17.5 Å². The van der Waals surface area contributed by atoms with E-state index in [0.29, 0.717) is 5.95 Å². The quantitative estimate of drug-likeness (QED) is 0.730. The molecule has 0 unspecified atom stereocenters. The van der Waals surface area contributed by atoms with Gasteiger partial charge in [-0.1, -0.05) is 36.4 Å². The molecule has 0 aliphatic heterocycles. The third kappa shape index (κ3) is 4.35. The maximum absolute atomic E-state index is 4.68. The lowest BCUT2D eigenvalue weighted by Gasteiger charge is -2.19. The summed E-state index contributed by atoms with van der Waals surface area (Å²) in [5, 5.41) is 3.32. The zero-order chi connectivity index (χ0) is 17.8. The fourth-order valence-corrected chi connectivity index (χ4v) is 2.69. The molecular weight excluding hydrogens is 308 g/mol. The summed E-state index contributed by atoms with van der Waals surface area (Å²) in [5.74, 6) is 1.53. The zero-order valence-corrected chi connectivity index (χ0v) is 15.2. The summed E-state index contributed by atoms with van der Waals surface area (Å²) < 4.78 is 0. The number of aromatic nitrogens is 2. The van der Waals surface area contributed by atoms with E-state index in [1.165, 1.54) is 16.7 Å². The Labute approximate surface area is 149 Å². The number of hydrogen-bond acceptors (Lipinski definition) is 4. The number of anilines is 3. The van der Waals surface area contributed by atoms with Gasteiger partial charge in [0, 0.05) is 31.0 Å². The number of benzene rings is 2. The first-order chi connectivity index (χ1) is 12.0. The summed E-state index contributed by atoms with van der Waals surface area (Å²) in [5.41, 5.74) is 5.73. The van der Waals surface area contributed by atoms with Gasteiger partial charge < -0.3 is 10.2 Å². The molecule has 3 rings (SSSR count). The van der Waals surface area contributed by atoms with Gasteiger partial charge in [0.2, 0.25) is 5.95 Å². The molecule has 0 amide bonds. The van der Waals surface area contributed by atoms with Gasteiger partial charge in [-0.15, -0.1) is 0 Å². The molecule has 0 bridgehead atoms. The number of aryl methyl sites for hydroxylation is 3. The second-order valence-corrected chi connectivity index (χ2v) is 6.46. The van der Waals surface area contributed by atoms with Crippen LogP contribution >= 0.6 is 0 Å². The van der Waals surface area contributed by atoms with Crippen LogP contribution in [0.5, 0.6) is 0 Å². The maximum Gasteiger partial charge on any atom is 0.229 e. The second kappa shape index (κ2) is 7.34. The van der Waals surface area contributed by atoms with Crippen LogP contribution in [0, 0.1) is 20.8 Å². The second-order valence-electron chi connectivity index (χ2n) is 6.46. The van der Waals surface area contributed by atoms with E-state index in [1.807, 2.05) is 19.1 Å². The van der Waals surface area contributed by atoms with E-state index >= 15 is 0 Å². The van der Waals surface area contributed by atoms with Crippen LogP contribution in [0.2, 0.25) is 0 Å². The van der Waals surface area contributed by atoms with Crippen molar-refractivity contribution in [1.82, 2.24) is 9.97 Å². The Kier molecular flexibility index (Phi) is 4.98. The van der Waals surface area contributed by atoms with Crippen LogP contribution in [0.4, 0.5) is 17.5 Å². The summed E-state index contributed by atoms with van der Waals surface area (Å²) in [6.45, 7) is 7.02. The Morgan fingerprint density at radius 3 is 2.36 bits per heavy atom. The number of rotatable bonds is 5. The van der Waals surface area contributed by atoms with Crippen molar-refractivity contribution in [2.45, 2.75) is 27.3 Å². The van der Waals surface area contributed by atoms with Crippen molar-refractivity contribution in [1.29, 1.82) is 0 Å². The molecule has 25 heavy (non-hydrogen) atoms. The van der Waals surface area contributed by atoms with Gasteiger partial charge in [-0.05, 0) is 49.6 Å². The largest absolute Gasteiger partial charge is 0.355 e. The van der Waals surface area contributed by atoms with E-state index < -0.39 is 0 Å². The molecule has 0 spiro atoms. The van der Waals surface area contributed by atoms with E-state index in [1.54, 1.807) is 0 Å². The van der Waals surface area contributed by atoms with Gasteiger partial charge in [-0.25, -0.2) is 4.98 Å². The minimum absolute atomic E-state index is 0.623. The monoisotopic (exact) mass is 332 g/mol.